The van der Waals surface area contributed by atoms with Crippen molar-refractivity contribution in [1.29, 1.82) is 0 Å². The fourth-order valence-corrected chi connectivity index (χ4v) is 5.37. The Morgan fingerprint density at radius 1 is 1.39 bits per heavy atom. The zero-order chi connectivity index (χ0) is 17.3. The molecule has 0 radical (unpaired) electrons. The zero-order valence-corrected chi connectivity index (χ0v) is 14.9. The van der Waals surface area contributed by atoms with Gasteiger partial charge in [-0.15, -0.1) is 0 Å². The smallest absolute Gasteiger partial charge is 0.309 e. The van der Waals surface area contributed by atoms with Gasteiger partial charge in [0.25, 0.3) is 0 Å². The lowest BCUT2D eigenvalue weighted by molar-refractivity contribution is -0.164. The van der Waals surface area contributed by atoms with Crippen molar-refractivity contribution in [1.82, 2.24) is 0 Å². The van der Waals surface area contributed by atoms with Crippen LogP contribution in [0.5, 0.6) is 0 Å². The minimum absolute atomic E-state index is 0.0419. The van der Waals surface area contributed by atoms with E-state index in [1.165, 1.54) is 11.1 Å². The van der Waals surface area contributed by atoms with Crippen LogP contribution in [0.25, 0.3) is 0 Å². The van der Waals surface area contributed by atoms with Crippen molar-refractivity contribution in [2.24, 2.45) is 22.7 Å². The van der Waals surface area contributed by atoms with Gasteiger partial charge in [0, 0.05) is 0 Å². The Labute approximate surface area is 140 Å². The van der Waals surface area contributed by atoms with Gasteiger partial charge in [0.1, 0.15) is 0 Å². The summed E-state index contributed by atoms with van der Waals surface area (Å²) in [6.45, 7) is 10.7. The SMILES string of the molecule is C=C1CC[C@H]2[C@@](C)(CCC[C@]2(C)C(=O)O)[C@@H]1CC/C(C)=C/CO. The van der Waals surface area contributed by atoms with E-state index in [1.54, 1.807) is 0 Å². The fraction of sp³-hybridized carbons (Fsp3) is 0.750. The highest BCUT2D eigenvalue weighted by molar-refractivity contribution is 5.75. The molecule has 2 saturated carbocycles. The molecule has 0 aromatic rings. The van der Waals surface area contributed by atoms with Crippen LogP contribution < -0.4 is 0 Å². The van der Waals surface area contributed by atoms with Crippen LogP contribution in [0.15, 0.2) is 23.8 Å². The van der Waals surface area contributed by atoms with E-state index in [-0.39, 0.29) is 17.9 Å². The number of carboxylic acids is 1. The van der Waals surface area contributed by atoms with Gasteiger partial charge in [-0.05, 0) is 69.6 Å². The topological polar surface area (TPSA) is 57.5 Å². The second-order valence-electron chi connectivity index (χ2n) is 8.16. The number of carbonyl (C=O) groups is 1. The third kappa shape index (κ3) is 3.26. The Morgan fingerprint density at radius 3 is 2.70 bits per heavy atom. The summed E-state index contributed by atoms with van der Waals surface area (Å²) in [7, 11) is 0. The number of fused-ring (bicyclic) bond motifs is 1. The molecule has 0 saturated heterocycles. The zero-order valence-electron chi connectivity index (χ0n) is 14.9. The van der Waals surface area contributed by atoms with Gasteiger partial charge in [0.05, 0.1) is 12.0 Å². The van der Waals surface area contributed by atoms with E-state index in [4.69, 9.17) is 5.11 Å². The first kappa shape index (κ1) is 18.3. The van der Waals surface area contributed by atoms with E-state index in [0.717, 1.165) is 44.9 Å². The Kier molecular flexibility index (Phi) is 5.40. The summed E-state index contributed by atoms with van der Waals surface area (Å²) in [6, 6.07) is 0. The molecule has 0 aliphatic heterocycles. The first-order valence-electron chi connectivity index (χ1n) is 8.93. The third-order valence-electron chi connectivity index (χ3n) is 6.78. The predicted molar refractivity (Wildman–Crippen MR) is 93.1 cm³/mol. The normalized spacial score (nSPS) is 38.3. The van der Waals surface area contributed by atoms with Gasteiger partial charge in [-0.1, -0.05) is 37.1 Å². The van der Waals surface area contributed by atoms with Gasteiger partial charge in [-0.3, -0.25) is 4.79 Å². The first-order chi connectivity index (χ1) is 10.8. The molecule has 3 heteroatoms. The van der Waals surface area contributed by atoms with Gasteiger partial charge in [-0.25, -0.2) is 0 Å². The van der Waals surface area contributed by atoms with Crippen LogP contribution in [0.2, 0.25) is 0 Å². The lowest BCUT2D eigenvalue weighted by atomic mass is 9.46. The fourth-order valence-electron chi connectivity index (χ4n) is 5.37. The summed E-state index contributed by atoms with van der Waals surface area (Å²) in [5.74, 6) is -0.00260. The number of hydrogen-bond acceptors (Lipinski definition) is 2. The molecule has 2 aliphatic carbocycles. The Bertz CT molecular complexity index is 507. The molecule has 2 N–H and O–H groups in total. The van der Waals surface area contributed by atoms with E-state index in [9.17, 15) is 9.90 Å². The molecule has 0 spiro atoms. The third-order valence-corrected chi connectivity index (χ3v) is 6.78. The van der Waals surface area contributed by atoms with E-state index >= 15 is 0 Å². The molecule has 0 amide bonds. The maximum absolute atomic E-state index is 12.0. The van der Waals surface area contributed by atoms with Crippen LogP contribution in [0, 0.1) is 22.7 Å². The number of rotatable bonds is 5. The molecule has 0 unspecified atom stereocenters. The Hall–Kier alpha value is -1.09. The second-order valence-corrected chi connectivity index (χ2v) is 8.16. The number of carboxylic acid groups (broad SMARTS) is 1. The number of hydrogen-bond donors (Lipinski definition) is 2. The van der Waals surface area contributed by atoms with Gasteiger partial charge < -0.3 is 10.2 Å². The van der Waals surface area contributed by atoms with Crippen molar-refractivity contribution < 1.29 is 15.0 Å². The quantitative estimate of drug-likeness (QED) is 0.730. The minimum atomic E-state index is -0.629. The molecule has 0 aromatic carbocycles. The molecule has 2 aliphatic rings. The van der Waals surface area contributed by atoms with Crippen molar-refractivity contribution in [3.05, 3.63) is 23.8 Å². The van der Waals surface area contributed by atoms with Crippen LogP contribution in [-0.4, -0.2) is 22.8 Å². The summed E-state index contributed by atoms with van der Waals surface area (Å²) in [5.41, 5.74) is 1.96. The maximum Gasteiger partial charge on any atom is 0.309 e. The van der Waals surface area contributed by atoms with Crippen LogP contribution in [0.4, 0.5) is 0 Å². The highest BCUT2D eigenvalue weighted by Gasteiger charge is 2.57. The highest BCUT2D eigenvalue weighted by Crippen LogP contribution is 2.62. The second kappa shape index (κ2) is 6.80. The molecular weight excluding hydrogens is 288 g/mol. The Balaban J connectivity index is 2.26. The molecule has 2 rings (SSSR count). The van der Waals surface area contributed by atoms with E-state index in [2.05, 4.69) is 20.4 Å². The van der Waals surface area contributed by atoms with Crippen molar-refractivity contribution >= 4 is 5.97 Å². The summed E-state index contributed by atoms with van der Waals surface area (Å²) < 4.78 is 0. The van der Waals surface area contributed by atoms with Gasteiger partial charge in [0.2, 0.25) is 0 Å². The average Bonchev–Trinajstić information content (AvgIpc) is 2.46. The number of aliphatic carboxylic acids is 1. The summed E-state index contributed by atoms with van der Waals surface area (Å²) >= 11 is 0. The van der Waals surface area contributed by atoms with Crippen LogP contribution in [-0.2, 0) is 4.79 Å². The summed E-state index contributed by atoms with van der Waals surface area (Å²) in [5, 5.41) is 18.9. The van der Waals surface area contributed by atoms with Crippen molar-refractivity contribution in [3.8, 4) is 0 Å². The van der Waals surface area contributed by atoms with E-state index < -0.39 is 11.4 Å². The molecule has 130 valence electrons. The molecule has 3 nitrogen and oxygen atoms in total. The van der Waals surface area contributed by atoms with E-state index in [0.29, 0.717) is 5.92 Å². The summed E-state index contributed by atoms with van der Waals surface area (Å²) in [6.07, 6.45) is 8.65. The predicted octanol–water partition coefficient (Wildman–Crippen LogP) is 4.57. The molecular formula is C20H32O3. The van der Waals surface area contributed by atoms with Gasteiger partial charge >= 0.3 is 5.97 Å². The van der Waals surface area contributed by atoms with Crippen LogP contribution >= 0.6 is 0 Å². The first-order valence-corrected chi connectivity index (χ1v) is 8.93. The molecule has 2 fully saturated rings. The van der Waals surface area contributed by atoms with Crippen LogP contribution in [0.3, 0.4) is 0 Å². The Morgan fingerprint density at radius 2 is 2.09 bits per heavy atom. The van der Waals surface area contributed by atoms with Crippen molar-refractivity contribution in [2.75, 3.05) is 6.61 Å². The average molecular weight is 320 g/mol. The maximum atomic E-state index is 12.0. The van der Waals surface area contributed by atoms with Crippen molar-refractivity contribution in [2.45, 2.75) is 65.7 Å². The monoisotopic (exact) mass is 320 g/mol. The molecule has 0 bridgehead atoms. The number of allylic oxidation sites excluding steroid dienone is 2. The molecule has 4 atom stereocenters. The van der Waals surface area contributed by atoms with Crippen LogP contribution in [0.1, 0.15) is 65.7 Å². The highest BCUT2D eigenvalue weighted by atomic mass is 16.4. The molecule has 0 aromatic heterocycles. The summed E-state index contributed by atoms with van der Waals surface area (Å²) in [4.78, 5) is 12.0. The van der Waals surface area contributed by atoms with E-state index in [1.807, 2.05) is 13.0 Å². The lowest BCUT2D eigenvalue weighted by Crippen LogP contribution is -2.53. The van der Waals surface area contributed by atoms with Gasteiger partial charge in [-0.2, -0.15) is 0 Å². The van der Waals surface area contributed by atoms with Crippen molar-refractivity contribution in [3.63, 3.8) is 0 Å². The number of aliphatic hydroxyl groups excluding tert-OH is 1. The number of aliphatic hydroxyl groups is 1. The minimum Gasteiger partial charge on any atom is -0.481 e. The molecule has 23 heavy (non-hydrogen) atoms. The standard InChI is InChI=1S/C20H32O3/c1-14(10-13-21)6-8-16-15(2)7-9-17-19(16,3)11-5-12-20(17,4)18(22)23/h10,16-17,21H,2,5-9,11-13H2,1,3-4H3,(H,22,23)/b14-10+/t16-,17+,19+,20+/m1/s1. The molecule has 0 heterocycles. The largest absolute Gasteiger partial charge is 0.481 e. The van der Waals surface area contributed by atoms with Gasteiger partial charge in [0.15, 0.2) is 0 Å². The lowest BCUT2D eigenvalue weighted by Gasteiger charge is -2.57.